The van der Waals surface area contributed by atoms with Crippen LogP contribution in [0.25, 0.3) is 0 Å². The molecule has 0 spiro atoms. The molecule has 3 aromatic carbocycles. The lowest BCUT2D eigenvalue weighted by Crippen LogP contribution is -2.25. The van der Waals surface area contributed by atoms with Gasteiger partial charge in [0, 0.05) is 11.1 Å². The summed E-state index contributed by atoms with van der Waals surface area (Å²) in [6.07, 6.45) is 2.91. The first-order valence-corrected chi connectivity index (χ1v) is 9.07. The van der Waals surface area contributed by atoms with Crippen LogP contribution in [0.5, 0.6) is 0 Å². The van der Waals surface area contributed by atoms with Crippen molar-refractivity contribution in [2.45, 2.75) is 0 Å². The fraction of sp³-hybridized carbons (Fsp3) is 0. The Balaban J connectivity index is 2.26. The molecular formula is C20H17N2O2P. The van der Waals surface area contributed by atoms with Crippen molar-refractivity contribution in [3.63, 3.8) is 0 Å². The smallest absolute Gasteiger partial charge is 0.0740 e. The summed E-state index contributed by atoms with van der Waals surface area (Å²) in [6.45, 7) is 0. The third kappa shape index (κ3) is 3.76. The molecule has 0 saturated carbocycles. The van der Waals surface area contributed by atoms with Gasteiger partial charge in [-0.1, -0.05) is 89.2 Å². The Morgan fingerprint density at radius 3 is 1.52 bits per heavy atom. The second-order valence-electron chi connectivity index (χ2n) is 5.28. The molecule has 0 fully saturated rings. The largest absolute Gasteiger partial charge is 0.411 e. The zero-order chi connectivity index (χ0) is 17.5. The Bertz CT molecular complexity index is 839. The highest BCUT2D eigenvalue weighted by molar-refractivity contribution is 7.80. The number of benzene rings is 3. The number of hydrogen-bond donors (Lipinski definition) is 2. The number of nitrogens with zero attached hydrogens (tertiary/aromatic N) is 2. The molecule has 0 heterocycles. The molecule has 0 radical (unpaired) electrons. The van der Waals surface area contributed by atoms with Gasteiger partial charge < -0.3 is 10.4 Å². The highest BCUT2D eigenvalue weighted by Gasteiger charge is 2.21. The first-order valence-electron chi connectivity index (χ1n) is 7.73. The maximum absolute atomic E-state index is 9.03. The summed E-state index contributed by atoms with van der Waals surface area (Å²) < 4.78 is 0. The van der Waals surface area contributed by atoms with E-state index in [1.54, 1.807) is 0 Å². The molecule has 0 amide bonds. The van der Waals surface area contributed by atoms with E-state index in [9.17, 15) is 0 Å². The molecule has 0 aliphatic heterocycles. The fourth-order valence-electron chi connectivity index (χ4n) is 2.71. The molecule has 3 rings (SSSR count). The maximum atomic E-state index is 9.03. The fourth-order valence-corrected chi connectivity index (χ4v) is 5.25. The van der Waals surface area contributed by atoms with Crippen LogP contribution in [0.3, 0.4) is 0 Å². The van der Waals surface area contributed by atoms with Gasteiger partial charge in [0.1, 0.15) is 0 Å². The maximum Gasteiger partial charge on any atom is 0.0740 e. The first-order chi connectivity index (χ1) is 12.3. The topological polar surface area (TPSA) is 65.2 Å². The molecule has 0 atom stereocenters. The highest BCUT2D eigenvalue weighted by Crippen LogP contribution is 2.34. The van der Waals surface area contributed by atoms with Crippen molar-refractivity contribution >= 4 is 36.3 Å². The van der Waals surface area contributed by atoms with Gasteiger partial charge in [0.15, 0.2) is 0 Å². The van der Waals surface area contributed by atoms with Crippen LogP contribution in [0.2, 0.25) is 0 Å². The minimum absolute atomic E-state index is 0.857. The Hall–Kier alpha value is -2.97. The van der Waals surface area contributed by atoms with Crippen LogP contribution in [0.4, 0.5) is 0 Å². The predicted octanol–water partition coefficient (Wildman–Crippen LogP) is 3.06. The van der Waals surface area contributed by atoms with Crippen molar-refractivity contribution in [1.82, 2.24) is 0 Å². The molecular weight excluding hydrogens is 331 g/mol. The SMILES string of the molecule is ON=Cc1ccccc1P(c1ccccc1)c1ccccc1C=NO. The minimum atomic E-state index is -0.915. The van der Waals surface area contributed by atoms with Gasteiger partial charge in [-0.3, -0.25) is 0 Å². The molecule has 0 bridgehead atoms. The van der Waals surface area contributed by atoms with Crippen molar-refractivity contribution < 1.29 is 10.4 Å². The summed E-state index contributed by atoms with van der Waals surface area (Å²) in [7, 11) is -0.915. The lowest BCUT2D eigenvalue weighted by atomic mass is 10.2. The van der Waals surface area contributed by atoms with E-state index in [-0.39, 0.29) is 0 Å². The number of rotatable bonds is 5. The zero-order valence-corrected chi connectivity index (χ0v) is 14.3. The van der Waals surface area contributed by atoms with E-state index < -0.39 is 7.92 Å². The molecule has 3 aromatic rings. The highest BCUT2D eigenvalue weighted by atomic mass is 31.1. The summed E-state index contributed by atoms with van der Waals surface area (Å²) in [5.41, 5.74) is 1.71. The van der Waals surface area contributed by atoms with Crippen LogP contribution in [-0.2, 0) is 0 Å². The van der Waals surface area contributed by atoms with Crippen molar-refractivity contribution in [3.8, 4) is 0 Å². The Labute approximate surface area is 147 Å². The molecule has 2 N–H and O–H groups in total. The van der Waals surface area contributed by atoms with Crippen LogP contribution < -0.4 is 15.9 Å². The van der Waals surface area contributed by atoms with Gasteiger partial charge in [-0.25, -0.2) is 0 Å². The van der Waals surface area contributed by atoms with Crippen LogP contribution in [0, 0.1) is 0 Å². The minimum Gasteiger partial charge on any atom is -0.411 e. The lowest BCUT2D eigenvalue weighted by molar-refractivity contribution is 0.321. The number of hydrogen-bond acceptors (Lipinski definition) is 4. The molecule has 0 unspecified atom stereocenters. The summed E-state index contributed by atoms with van der Waals surface area (Å²) in [6, 6.07) is 25.9. The first kappa shape index (κ1) is 16.9. The quantitative estimate of drug-likeness (QED) is 0.322. The van der Waals surface area contributed by atoms with Gasteiger partial charge in [0.05, 0.1) is 12.4 Å². The molecule has 0 aromatic heterocycles. The van der Waals surface area contributed by atoms with Crippen LogP contribution in [0.1, 0.15) is 11.1 Å². The van der Waals surface area contributed by atoms with E-state index in [2.05, 4.69) is 22.4 Å². The molecule has 0 aliphatic carbocycles. The Morgan fingerprint density at radius 1 is 0.600 bits per heavy atom. The van der Waals surface area contributed by atoms with E-state index in [4.69, 9.17) is 10.4 Å². The van der Waals surface area contributed by atoms with Gasteiger partial charge in [0.25, 0.3) is 0 Å². The summed E-state index contributed by atoms with van der Waals surface area (Å²) in [5.74, 6) is 0. The average Bonchev–Trinajstić information content (AvgIpc) is 2.66. The second kappa shape index (κ2) is 8.22. The predicted molar refractivity (Wildman–Crippen MR) is 104 cm³/mol. The van der Waals surface area contributed by atoms with Gasteiger partial charge in [-0.15, -0.1) is 0 Å². The van der Waals surface area contributed by atoms with Crippen molar-refractivity contribution in [2.75, 3.05) is 0 Å². The third-order valence-electron chi connectivity index (χ3n) is 3.76. The van der Waals surface area contributed by atoms with Crippen LogP contribution >= 0.6 is 7.92 Å². The van der Waals surface area contributed by atoms with Crippen molar-refractivity contribution in [1.29, 1.82) is 0 Å². The Morgan fingerprint density at radius 2 is 1.04 bits per heavy atom. The van der Waals surface area contributed by atoms with E-state index in [1.165, 1.54) is 12.4 Å². The summed E-state index contributed by atoms with van der Waals surface area (Å²) in [4.78, 5) is 0. The van der Waals surface area contributed by atoms with Crippen molar-refractivity contribution in [2.24, 2.45) is 10.3 Å². The van der Waals surface area contributed by atoms with Crippen molar-refractivity contribution in [3.05, 3.63) is 90.0 Å². The van der Waals surface area contributed by atoms with E-state index in [0.29, 0.717) is 0 Å². The van der Waals surface area contributed by atoms with Gasteiger partial charge in [0.2, 0.25) is 0 Å². The Kier molecular flexibility index (Phi) is 5.55. The average molecular weight is 348 g/mol. The molecule has 124 valence electrons. The lowest BCUT2D eigenvalue weighted by Gasteiger charge is -2.22. The molecule has 0 saturated heterocycles. The molecule has 4 nitrogen and oxygen atoms in total. The number of oxime groups is 2. The zero-order valence-electron chi connectivity index (χ0n) is 13.4. The molecule has 0 aliphatic rings. The van der Waals surface area contributed by atoms with Gasteiger partial charge >= 0.3 is 0 Å². The second-order valence-corrected chi connectivity index (χ2v) is 7.43. The van der Waals surface area contributed by atoms with E-state index >= 15 is 0 Å². The molecule has 25 heavy (non-hydrogen) atoms. The monoisotopic (exact) mass is 348 g/mol. The van der Waals surface area contributed by atoms with Crippen LogP contribution in [-0.4, -0.2) is 22.8 Å². The normalized spacial score (nSPS) is 12.6. The third-order valence-corrected chi connectivity index (χ3v) is 6.36. The summed E-state index contributed by atoms with van der Waals surface area (Å²) in [5, 5.41) is 27.8. The van der Waals surface area contributed by atoms with Crippen LogP contribution in [0.15, 0.2) is 89.2 Å². The molecule has 5 heteroatoms. The van der Waals surface area contributed by atoms with Gasteiger partial charge in [-0.05, 0) is 23.8 Å². The van der Waals surface area contributed by atoms with E-state index in [0.717, 1.165) is 27.0 Å². The standard InChI is InChI=1S/C20H17N2O2P/c23-21-14-16-8-4-6-12-19(16)25(18-10-2-1-3-11-18)20-13-7-5-9-17(20)15-22-24/h1-15,23-24H. The summed E-state index contributed by atoms with van der Waals surface area (Å²) >= 11 is 0. The van der Waals surface area contributed by atoms with Gasteiger partial charge in [-0.2, -0.15) is 0 Å². The van der Waals surface area contributed by atoms with E-state index in [1.807, 2.05) is 66.7 Å².